The zero-order valence-corrected chi connectivity index (χ0v) is 10.2. The minimum absolute atomic E-state index is 0.321. The first-order valence-corrected chi connectivity index (χ1v) is 5.77. The first kappa shape index (κ1) is 13.2. The molecule has 1 N–H and O–H groups in total. The average molecular weight is 262 g/mol. The molecule has 0 bridgehead atoms. The molecule has 0 saturated carbocycles. The lowest BCUT2D eigenvalue weighted by Gasteiger charge is -2.09. The Labute approximate surface area is 109 Å². The van der Waals surface area contributed by atoms with Crippen LogP contribution in [0.25, 0.3) is 11.1 Å². The van der Waals surface area contributed by atoms with Gasteiger partial charge < -0.3 is 5.11 Å². The highest BCUT2D eigenvalue weighted by molar-refractivity contribution is 5.76. The van der Waals surface area contributed by atoms with Crippen LogP contribution in [0.4, 0.5) is 8.78 Å². The molecule has 4 heteroatoms. The Balaban J connectivity index is 2.39. The Morgan fingerprint density at radius 3 is 2.26 bits per heavy atom. The lowest BCUT2D eigenvalue weighted by Crippen LogP contribution is -2.07. The maximum atomic E-state index is 14.0. The van der Waals surface area contributed by atoms with Crippen molar-refractivity contribution in [2.45, 2.75) is 12.8 Å². The van der Waals surface area contributed by atoms with E-state index >= 15 is 0 Å². The van der Waals surface area contributed by atoms with Crippen molar-refractivity contribution in [1.82, 2.24) is 0 Å². The van der Waals surface area contributed by atoms with Crippen molar-refractivity contribution in [2.24, 2.45) is 0 Å². The number of halogens is 2. The van der Waals surface area contributed by atoms with E-state index in [0.717, 1.165) is 0 Å². The summed E-state index contributed by atoms with van der Waals surface area (Å²) in [7, 11) is 0. The molecule has 1 unspecified atom stereocenters. The monoisotopic (exact) mass is 262 g/mol. The molecule has 0 spiro atoms. The van der Waals surface area contributed by atoms with Crippen LogP contribution >= 0.6 is 0 Å². The summed E-state index contributed by atoms with van der Waals surface area (Å²) in [6, 6.07) is 9.75. The van der Waals surface area contributed by atoms with Crippen LogP contribution in [0.3, 0.4) is 0 Å². The van der Waals surface area contributed by atoms with Gasteiger partial charge in [0.25, 0.3) is 0 Å². The van der Waals surface area contributed by atoms with E-state index in [1.54, 1.807) is 6.07 Å². The third-order valence-corrected chi connectivity index (χ3v) is 3.02. The second-order valence-corrected chi connectivity index (χ2v) is 4.31. The van der Waals surface area contributed by atoms with Crippen LogP contribution in [0.2, 0.25) is 0 Å². The summed E-state index contributed by atoms with van der Waals surface area (Å²) in [6.07, 6.45) is 0. The summed E-state index contributed by atoms with van der Waals surface area (Å²) in [5.41, 5.74) is 1.27. The Morgan fingerprint density at radius 2 is 1.74 bits per heavy atom. The zero-order valence-electron chi connectivity index (χ0n) is 10.2. The molecule has 98 valence electrons. The number of aliphatic carboxylic acids is 1. The summed E-state index contributed by atoms with van der Waals surface area (Å²) in [5, 5.41) is 8.88. The van der Waals surface area contributed by atoms with Crippen LogP contribution in [0.1, 0.15) is 18.4 Å². The minimum atomic E-state index is -1.01. The zero-order chi connectivity index (χ0) is 14.0. The molecule has 1 atom stereocenters. The Kier molecular flexibility index (Phi) is 3.60. The van der Waals surface area contributed by atoms with Crippen molar-refractivity contribution in [3.8, 4) is 11.1 Å². The van der Waals surface area contributed by atoms with Gasteiger partial charge in [0, 0.05) is 5.56 Å². The maximum absolute atomic E-state index is 14.0. The second kappa shape index (κ2) is 5.18. The molecule has 0 aliphatic carbocycles. The van der Waals surface area contributed by atoms with Gasteiger partial charge in [-0.15, -0.1) is 0 Å². The maximum Gasteiger partial charge on any atom is 0.310 e. The van der Waals surface area contributed by atoms with Crippen LogP contribution in [-0.2, 0) is 4.79 Å². The number of carboxylic acid groups (broad SMARTS) is 1. The molecule has 19 heavy (non-hydrogen) atoms. The van der Waals surface area contributed by atoms with Gasteiger partial charge in [0.1, 0.15) is 11.6 Å². The first-order chi connectivity index (χ1) is 8.99. The van der Waals surface area contributed by atoms with E-state index < -0.39 is 17.7 Å². The fourth-order valence-corrected chi connectivity index (χ4v) is 1.81. The molecule has 0 aromatic heterocycles. The minimum Gasteiger partial charge on any atom is -0.481 e. The van der Waals surface area contributed by atoms with E-state index in [1.165, 1.54) is 43.3 Å². The summed E-state index contributed by atoms with van der Waals surface area (Å²) < 4.78 is 26.8. The molecule has 2 aromatic rings. The molecule has 0 aliphatic rings. The van der Waals surface area contributed by atoms with Crippen LogP contribution in [-0.4, -0.2) is 11.1 Å². The fourth-order valence-electron chi connectivity index (χ4n) is 1.81. The molecule has 0 saturated heterocycles. The highest BCUT2D eigenvalue weighted by Gasteiger charge is 2.15. The van der Waals surface area contributed by atoms with Gasteiger partial charge in [-0.2, -0.15) is 0 Å². The molecule has 2 aromatic carbocycles. The molecule has 0 aliphatic heterocycles. The molecule has 2 nitrogen and oxygen atoms in total. The number of hydrogen-bond acceptors (Lipinski definition) is 1. The lowest BCUT2D eigenvalue weighted by atomic mass is 9.97. The summed E-state index contributed by atoms with van der Waals surface area (Å²) in [6.45, 7) is 1.49. The smallest absolute Gasteiger partial charge is 0.310 e. The molecule has 0 radical (unpaired) electrons. The van der Waals surface area contributed by atoms with E-state index in [9.17, 15) is 13.6 Å². The summed E-state index contributed by atoms with van der Waals surface area (Å²) in [4.78, 5) is 10.8. The van der Waals surface area contributed by atoms with Gasteiger partial charge >= 0.3 is 5.97 Å². The van der Waals surface area contributed by atoms with Gasteiger partial charge in [-0.05, 0) is 36.2 Å². The van der Waals surface area contributed by atoms with Gasteiger partial charge in [-0.25, -0.2) is 8.78 Å². The van der Waals surface area contributed by atoms with E-state index in [1.807, 2.05) is 0 Å². The SMILES string of the molecule is CC(C(=O)O)c1ccc(-c2ccc(F)cc2)c(F)c1. The summed E-state index contributed by atoms with van der Waals surface area (Å²) in [5.74, 6) is -2.68. The number of rotatable bonds is 3. The van der Waals surface area contributed by atoms with Crippen molar-refractivity contribution in [3.63, 3.8) is 0 Å². The Bertz CT molecular complexity index is 606. The standard InChI is InChI=1S/C15H12F2O2/c1-9(15(18)19)11-4-7-13(14(17)8-11)10-2-5-12(16)6-3-10/h2-9H,1H3,(H,18,19). The van der Waals surface area contributed by atoms with Crippen LogP contribution in [0.5, 0.6) is 0 Å². The highest BCUT2D eigenvalue weighted by Crippen LogP contribution is 2.26. The molecule has 0 heterocycles. The van der Waals surface area contributed by atoms with Gasteiger partial charge in [0.2, 0.25) is 0 Å². The first-order valence-electron chi connectivity index (χ1n) is 5.77. The Hall–Kier alpha value is -2.23. The van der Waals surface area contributed by atoms with E-state index in [-0.39, 0.29) is 5.82 Å². The molecular weight excluding hydrogens is 250 g/mol. The van der Waals surface area contributed by atoms with Gasteiger partial charge in [0.05, 0.1) is 5.92 Å². The number of carbonyl (C=O) groups is 1. The predicted molar refractivity (Wildman–Crippen MR) is 67.8 cm³/mol. The number of hydrogen-bond donors (Lipinski definition) is 1. The highest BCUT2D eigenvalue weighted by atomic mass is 19.1. The van der Waals surface area contributed by atoms with Crippen LogP contribution in [0.15, 0.2) is 42.5 Å². The van der Waals surface area contributed by atoms with Crippen molar-refractivity contribution in [1.29, 1.82) is 0 Å². The average Bonchev–Trinajstić information content (AvgIpc) is 2.39. The molecule has 0 amide bonds. The van der Waals surface area contributed by atoms with E-state index in [0.29, 0.717) is 16.7 Å². The van der Waals surface area contributed by atoms with Crippen LogP contribution in [0, 0.1) is 11.6 Å². The second-order valence-electron chi connectivity index (χ2n) is 4.31. The van der Waals surface area contributed by atoms with Crippen molar-refractivity contribution >= 4 is 5.97 Å². The van der Waals surface area contributed by atoms with Gasteiger partial charge in [0.15, 0.2) is 0 Å². The number of carboxylic acids is 1. The van der Waals surface area contributed by atoms with Gasteiger partial charge in [-0.3, -0.25) is 4.79 Å². The summed E-state index contributed by atoms with van der Waals surface area (Å²) >= 11 is 0. The van der Waals surface area contributed by atoms with E-state index in [2.05, 4.69) is 0 Å². The topological polar surface area (TPSA) is 37.3 Å². The number of benzene rings is 2. The van der Waals surface area contributed by atoms with Crippen molar-refractivity contribution in [3.05, 3.63) is 59.7 Å². The fraction of sp³-hybridized carbons (Fsp3) is 0.133. The normalized spacial score (nSPS) is 12.2. The third kappa shape index (κ3) is 2.78. The molecule has 0 fully saturated rings. The van der Waals surface area contributed by atoms with E-state index in [4.69, 9.17) is 5.11 Å². The quantitative estimate of drug-likeness (QED) is 0.913. The van der Waals surface area contributed by atoms with Crippen molar-refractivity contribution in [2.75, 3.05) is 0 Å². The molecular formula is C15H12F2O2. The van der Waals surface area contributed by atoms with Gasteiger partial charge in [-0.1, -0.05) is 24.3 Å². The lowest BCUT2D eigenvalue weighted by molar-refractivity contribution is -0.138. The molecule has 2 rings (SSSR count). The van der Waals surface area contributed by atoms with Crippen molar-refractivity contribution < 1.29 is 18.7 Å². The largest absolute Gasteiger partial charge is 0.481 e. The van der Waals surface area contributed by atoms with Crippen LogP contribution < -0.4 is 0 Å². The third-order valence-electron chi connectivity index (χ3n) is 3.02. The Morgan fingerprint density at radius 1 is 1.11 bits per heavy atom. The predicted octanol–water partition coefficient (Wildman–Crippen LogP) is 3.82.